The fourth-order valence-electron chi connectivity index (χ4n) is 9.26. The topological polar surface area (TPSA) is 198 Å². The number of nitrogens with two attached hydrogens (primary N) is 2. The normalized spacial score (nSPS) is 26.8. The SMILES string of the molecule is Cc1cccc(C(O)C(C)(C)/C=C/C#C/C=C/C2OC(=O)/C=C\C[C@H](C)C[C@H](OC(N)=O)C[C@H](C)/C=C/[C@H]2C)c1Br.Cc1cccc(C(O)C(C)(C)/C=C/C#C/C=C/[C@H]2OC(=O)/C=C\C[C@@H](C)C[C@@H](OC(N)=O)C[C@@H](C)/C=C/[C@@H]2C)c1Br. The Balaban J connectivity index is 0.000000430. The van der Waals surface area contributed by atoms with E-state index in [2.05, 4.69) is 81.5 Å². The van der Waals surface area contributed by atoms with Crippen molar-refractivity contribution in [1.29, 1.82) is 0 Å². The molecule has 0 spiro atoms. The Bertz CT molecular complexity index is 2630. The molecule has 0 radical (unpaired) electrons. The van der Waals surface area contributed by atoms with Gasteiger partial charge in [-0.25, -0.2) is 19.2 Å². The molecule has 3 unspecified atom stereocenters. The first-order valence-corrected chi connectivity index (χ1v) is 29.8. The fraction of sp³-hybridized carbons (Fsp3) is 0.471. The first-order chi connectivity index (χ1) is 38.6. The highest BCUT2D eigenvalue weighted by atomic mass is 79.9. The van der Waals surface area contributed by atoms with E-state index >= 15 is 0 Å². The molecule has 4 rings (SSSR count). The molecule has 0 fully saturated rings. The number of primary amides is 2. The molecule has 0 saturated carbocycles. The molecule has 2 aromatic rings. The Hall–Kier alpha value is -6.16. The van der Waals surface area contributed by atoms with Crippen molar-refractivity contribution in [3.05, 3.63) is 165 Å². The smallest absolute Gasteiger partial charge is 0.404 e. The number of benzene rings is 2. The number of esters is 2. The Morgan fingerprint density at radius 1 is 0.598 bits per heavy atom. The van der Waals surface area contributed by atoms with Crippen LogP contribution in [-0.4, -0.2) is 58.8 Å². The zero-order chi connectivity index (χ0) is 61.2. The zero-order valence-electron chi connectivity index (χ0n) is 49.9. The van der Waals surface area contributed by atoms with Gasteiger partial charge in [0.1, 0.15) is 24.4 Å². The minimum atomic E-state index is -0.771. The summed E-state index contributed by atoms with van der Waals surface area (Å²) in [5.74, 6) is 11.6. The minimum absolute atomic E-state index is 0.109. The largest absolute Gasteiger partial charge is 0.454 e. The lowest BCUT2D eigenvalue weighted by Gasteiger charge is -2.28. The monoisotopic (exact) mass is 1250 g/mol. The van der Waals surface area contributed by atoms with Gasteiger partial charge < -0.3 is 40.6 Å². The summed E-state index contributed by atoms with van der Waals surface area (Å²) in [6.07, 6.45) is 28.2. The van der Waals surface area contributed by atoms with Crippen LogP contribution >= 0.6 is 31.9 Å². The summed E-state index contributed by atoms with van der Waals surface area (Å²) in [7, 11) is 0. The van der Waals surface area contributed by atoms with Crippen LogP contribution in [0.4, 0.5) is 9.59 Å². The van der Waals surface area contributed by atoms with E-state index in [-0.39, 0.29) is 47.7 Å². The minimum Gasteiger partial charge on any atom is -0.454 e. The average molecular weight is 1250 g/mol. The molecule has 2 heterocycles. The van der Waals surface area contributed by atoms with E-state index in [0.717, 1.165) is 31.2 Å². The maximum absolute atomic E-state index is 12.5. The molecule has 444 valence electrons. The second-order valence-corrected chi connectivity index (χ2v) is 24.7. The molecule has 2 amide bonds. The van der Waals surface area contributed by atoms with Gasteiger partial charge in [-0.3, -0.25) is 0 Å². The third kappa shape index (κ3) is 25.5. The Morgan fingerprint density at radius 3 is 1.30 bits per heavy atom. The molecule has 6 N–H and O–H groups in total. The van der Waals surface area contributed by atoms with E-state index in [1.54, 1.807) is 48.6 Å². The second-order valence-electron chi connectivity index (χ2n) is 23.2. The van der Waals surface area contributed by atoms with Crippen molar-refractivity contribution in [2.75, 3.05) is 0 Å². The van der Waals surface area contributed by atoms with Gasteiger partial charge in [-0.15, -0.1) is 0 Å². The van der Waals surface area contributed by atoms with Crippen LogP contribution in [0.5, 0.6) is 0 Å². The van der Waals surface area contributed by atoms with Gasteiger partial charge in [0.05, 0.1) is 12.2 Å². The van der Waals surface area contributed by atoms with Crippen LogP contribution in [0.25, 0.3) is 0 Å². The maximum atomic E-state index is 12.5. The lowest BCUT2D eigenvalue weighted by Crippen LogP contribution is -2.26. The number of hydrogen-bond acceptors (Lipinski definition) is 10. The number of allylic oxidation sites excluding steroid dienone is 8. The number of aryl methyl sites for hydroxylation is 2. The van der Waals surface area contributed by atoms with E-state index in [0.29, 0.717) is 38.5 Å². The van der Waals surface area contributed by atoms with E-state index in [1.807, 2.05) is 130 Å². The van der Waals surface area contributed by atoms with E-state index in [9.17, 15) is 29.4 Å². The predicted octanol–water partition coefficient (Wildman–Crippen LogP) is 15.0. The van der Waals surface area contributed by atoms with Crippen molar-refractivity contribution in [3.63, 3.8) is 0 Å². The van der Waals surface area contributed by atoms with Crippen LogP contribution in [0.1, 0.15) is 142 Å². The zero-order valence-corrected chi connectivity index (χ0v) is 53.1. The van der Waals surface area contributed by atoms with E-state index in [4.69, 9.17) is 30.4 Å². The van der Waals surface area contributed by atoms with Crippen molar-refractivity contribution in [2.45, 2.75) is 158 Å². The van der Waals surface area contributed by atoms with Crippen LogP contribution in [0.3, 0.4) is 0 Å². The highest BCUT2D eigenvalue weighted by Crippen LogP contribution is 2.40. The number of aliphatic hydroxyl groups is 2. The number of halogens is 2. The maximum Gasteiger partial charge on any atom is 0.404 e. The number of amides is 2. The molecule has 12 nitrogen and oxygen atoms in total. The quantitative estimate of drug-likeness (QED) is 0.0768. The summed E-state index contributed by atoms with van der Waals surface area (Å²) in [6.45, 7) is 24.0. The summed E-state index contributed by atoms with van der Waals surface area (Å²) in [6, 6.07) is 11.7. The first-order valence-electron chi connectivity index (χ1n) is 28.2. The average Bonchev–Trinajstić information content (AvgIpc) is 3.57. The molecule has 0 saturated heterocycles. The van der Waals surface area contributed by atoms with Crippen LogP contribution in [0, 0.1) is 83.9 Å². The summed E-state index contributed by atoms with van der Waals surface area (Å²) in [5, 5.41) is 22.0. The van der Waals surface area contributed by atoms with Gasteiger partial charge in [-0.05, 0) is 135 Å². The number of ether oxygens (including phenoxy) is 4. The van der Waals surface area contributed by atoms with Crippen molar-refractivity contribution < 1.29 is 48.3 Å². The highest BCUT2D eigenvalue weighted by molar-refractivity contribution is 9.11. The number of carbonyl (C=O) groups excluding carboxylic acids is 4. The third-order valence-electron chi connectivity index (χ3n) is 14.3. The lowest BCUT2D eigenvalue weighted by molar-refractivity contribution is -0.143. The third-order valence-corrected chi connectivity index (χ3v) is 16.5. The van der Waals surface area contributed by atoms with E-state index in [1.165, 1.54) is 12.2 Å². The molecule has 12 atom stereocenters. The molecule has 0 bridgehead atoms. The number of cyclic esters (lactones) is 2. The van der Waals surface area contributed by atoms with Gasteiger partial charge in [0, 0.05) is 43.8 Å². The number of carbonyl (C=O) groups is 4. The van der Waals surface area contributed by atoms with Crippen molar-refractivity contribution >= 4 is 56.0 Å². The lowest BCUT2D eigenvalue weighted by atomic mass is 9.82. The summed E-state index contributed by atoms with van der Waals surface area (Å²) in [4.78, 5) is 47.9. The standard InChI is InChI=1S/2C34H44BrNO5/c2*1-23-13-11-17-30(37)41-29(25(3)19-18-24(2)22-27(21-23)40-33(36)39)16-9-7-8-10-20-34(5,6)32(38)28-15-12-14-26(4)31(28)35/h2*9-12,14-20,23-25,27,29,32,38H,13,21-22H2,1-6H3,(H2,36,39)/b2*16-9+,17-11-,19-18+,20-10+/t23-,24+,25+,27-,29?,32?;23-,24+,25+,27-,29-,32?/m01/s1. The van der Waals surface area contributed by atoms with Crippen molar-refractivity contribution in [1.82, 2.24) is 0 Å². The van der Waals surface area contributed by atoms with Gasteiger partial charge >= 0.3 is 24.1 Å². The van der Waals surface area contributed by atoms with Crippen molar-refractivity contribution in [3.8, 4) is 23.7 Å². The van der Waals surface area contributed by atoms with Gasteiger partial charge in [0.2, 0.25) is 0 Å². The Morgan fingerprint density at radius 2 is 0.951 bits per heavy atom. The van der Waals surface area contributed by atoms with E-state index < -0.39 is 59.4 Å². The predicted molar refractivity (Wildman–Crippen MR) is 335 cm³/mol. The van der Waals surface area contributed by atoms with Gasteiger partial charge in [-0.1, -0.05) is 210 Å². The van der Waals surface area contributed by atoms with Crippen LogP contribution in [0.15, 0.2) is 143 Å². The number of rotatable bonds is 10. The Labute approximate surface area is 506 Å². The molecular formula is C68H88Br2N2O10. The van der Waals surface area contributed by atoms with Gasteiger partial charge in [-0.2, -0.15) is 0 Å². The number of hydrogen-bond donors (Lipinski definition) is 4. The highest BCUT2D eigenvalue weighted by Gasteiger charge is 2.30. The first kappa shape index (κ1) is 70.1. The van der Waals surface area contributed by atoms with Gasteiger partial charge in [0.15, 0.2) is 0 Å². The molecule has 0 aliphatic carbocycles. The van der Waals surface area contributed by atoms with Crippen LogP contribution in [-0.2, 0) is 28.5 Å². The van der Waals surface area contributed by atoms with Crippen LogP contribution < -0.4 is 11.5 Å². The molecule has 2 aliphatic heterocycles. The summed E-state index contributed by atoms with van der Waals surface area (Å²) < 4.78 is 24.0. The van der Waals surface area contributed by atoms with Crippen molar-refractivity contribution in [2.24, 2.45) is 57.8 Å². The molecule has 0 aromatic heterocycles. The summed E-state index contributed by atoms with van der Waals surface area (Å²) >= 11 is 7.17. The number of aliphatic hydroxyl groups excluding tert-OH is 2. The molecule has 2 aromatic carbocycles. The molecule has 14 heteroatoms. The fourth-order valence-corrected chi connectivity index (χ4v) is 10.2. The Kier molecular flexibility index (Phi) is 30.0. The molecule has 2 aliphatic rings. The molecular weight excluding hydrogens is 1160 g/mol. The van der Waals surface area contributed by atoms with Gasteiger partial charge in [0.25, 0.3) is 0 Å². The molecule has 82 heavy (non-hydrogen) atoms. The summed E-state index contributed by atoms with van der Waals surface area (Å²) in [5.41, 5.74) is 13.3. The van der Waals surface area contributed by atoms with Crippen LogP contribution in [0.2, 0.25) is 0 Å². The second kappa shape index (κ2) is 35.1.